The summed E-state index contributed by atoms with van der Waals surface area (Å²) in [7, 11) is 0. The Morgan fingerprint density at radius 1 is 1.26 bits per heavy atom. The Labute approximate surface area is 118 Å². The maximum absolute atomic E-state index is 4.29. The first-order valence-corrected chi connectivity index (χ1v) is 7.52. The van der Waals surface area contributed by atoms with Crippen LogP contribution in [-0.2, 0) is 0 Å². The molecule has 2 atom stereocenters. The third-order valence-electron chi connectivity index (χ3n) is 4.25. The van der Waals surface area contributed by atoms with E-state index in [0.717, 1.165) is 26.1 Å². The maximum Gasteiger partial charge on any atom is 0.0519 e. The highest BCUT2D eigenvalue weighted by molar-refractivity contribution is 5.19. The third kappa shape index (κ3) is 3.54. The predicted octanol–water partition coefficient (Wildman–Crippen LogP) is 3.24. The zero-order chi connectivity index (χ0) is 14.3. The molecule has 3 heteroatoms. The van der Waals surface area contributed by atoms with E-state index in [1.807, 2.05) is 18.5 Å². The second-order valence-corrected chi connectivity index (χ2v) is 5.16. The number of likely N-dealkylation sites (N-methyl/N-ethyl adjacent to an activating group) is 2. The second-order valence-electron chi connectivity index (χ2n) is 5.16. The van der Waals surface area contributed by atoms with Crippen LogP contribution in [0, 0.1) is 0 Å². The molecule has 0 saturated heterocycles. The van der Waals surface area contributed by atoms with Crippen molar-refractivity contribution in [2.75, 3.05) is 19.6 Å². The van der Waals surface area contributed by atoms with Crippen LogP contribution in [-0.4, -0.2) is 35.1 Å². The van der Waals surface area contributed by atoms with Gasteiger partial charge in [-0.05, 0) is 44.6 Å². The standard InChI is InChI=1S/C16H29N3/c1-6-16(5,19(8-3)9-4)15(18-7-2)14-11-10-12-17-13-14/h10-13,15,18H,6-9H2,1-5H3. The van der Waals surface area contributed by atoms with Gasteiger partial charge in [0.05, 0.1) is 6.04 Å². The van der Waals surface area contributed by atoms with Gasteiger partial charge in [-0.15, -0.1) is 0 Å². The van der Waals surface area contributed by atoms with E-state index in [1.165, 1.54) is 5.56 Å². The summed E-state index contributed by atoms with van der Waals surface area (Å²) in [5.74, 6) is 0. The number of nitrogens with one attached hydrogen (secondary N) is 1. The Kier molecular flexibility index (Phi) is 6.46. The van der Waals surface area contributed by atoms with Gasteiger partial charge in [-0.25, -0.2) is 0 Å². The van der Waals surface area contributed by atoms with Crippen LogP contribution in [0.15, 0.2) is 24.5 Å². The van der Waals surface area contributed by atoms with Crippen LogP contribution in [0.4, 0.5) is 0 Å². The van der Waals surface area contributed by atoms with Crippen molar-refractivity contribution in [2.45, 2.75) is 52.6 Å². The van der Waals surface area contributed by atoms with Crippen molar-refractivity contribution >= 4 is 0 Å². The van der Waals surface area contributed by atoms with E-state index in [-0.39, 0.29) is 5.54 Å². The minimum absolute atomic E-state index is 0.114. The van der Waals surface area contributed by atoms with E-state index in [9.17, 15) is 0 Å². The molecule has 0 aliphatic rings. The van der Waals surface area contributed by atoms with Gasteiger partial charge in [0.1, 0.15) is 0 Å². The van der Waals surface area contributed by atoms with Gasteiger partial charge in [-0.1, -0.05) is 33.8 Å². The lowest BCUT2D eigenvalue weighted by Gasteiger charge is -2.46. The van der Waals surface area contributed by atoms with Crippen molar-refractivity contribution in [1.29, 1.82) is 0 Å². The molecule has 1 rings (SSSR count). The Morgan fingerprint density at radius 3 is 2.37 bits per heavy atom. The maximum atomic E-state index is 4.29. The fraction of sp³-hybridized carbons (Fsp3) is 0.688. The zero-order valence-electron chi connectivity index (χ0n) is 13.1. The number of rotatable bonds is 8. The van der Waals surface area contributed by atoms with Crippen LogP contribution < -0.4 is 5.32 Å². The first-order chi connectivity index (χ1) is 9.13. The fourth-order valence-corrected chi connectivity index (χ4v) is 3.00. The molecule has 0 spiro atoms. The van der Waals surface area contributed by atoms with Gasteiger partial charge in [0, 0.05) is 17.9 Å². The molecule has 1 heterocycles. The van der Waals surface area contributed by atoms with Crippen molar-refractivity contribution in [3.8, 4) is 0 Å². The molecule has 0 fully saturated rings. The van der Waals surface area contributed by atoms with Crippen LogP contribution in [0.5, 0.6) is 0 Å². The van der Waals surface area contributed by atoms with Crippen LogP contribution in [0.25, 0.3) is 0 Å². The van der Waals surface area contributed by atoms with Crippen molar-refractivity contribution in [3.63, 3.8) is 0 Å². The molecular formula is C16H29N3. The lowest BCUT2D eigenvalue weighted by Crippen LogP contribution is -2.54. The van der Waals surface area contributed by atoms with Gasteiger partial charge in [-0.2, -0.15) is 0 Å². The van der Waals surface area contributed by atoms with Gasteiger partial charge < -0.3 is 5.32 Å². The minimum Gasteiger partial charge on any atom is -0.309 e. The minimum atomic E-state index is 0.114. The molecule has 0 aromatic carbocycles. The van der Waals surface area contributed by atoms with Gasteiger partial charge >= 0.3 is 0 Å². The third-order valence-corrected chi connectivity index (χ3v) is 4.25. The van der Waals surface area contributed by atoms with Crippen LogP contribution in [0.3, 0.4) is 0 Å². The lowest BCUT2D eigenvalue weighted by molar-refractivity contribution is 0.0703. The normalized spacial score (nSPS) is 16.3. The lowest BCUT2D eigenvalue weighted by atomic mass is 9.83. The SMILES string of the molecule is CCNC(c1cccnc1)C(C)(CC)N(CC)CC. The summed E-state index contributed by atoms with van der Waals surface area (Å²) in [4.78, 5) is 6.84. The molecule has 108 valence electrons. The highest BCUT2D eigenvalue weighted by atomic mass is 15.2. The highest BCUT2D eigenvalue weighted by Gasteiger charge is 2.37. The average molecular weight is 263 g/mol. The topological polar surface area (TPSA) is 28.2 Å². The van der Waals surface area contributed by atoms with E-state index in [2.05, 4.69) is 55.9 Å². The Bertz CT molecular complexity index is 348. The van der Waals surface area contributed by atoms with E-state index < -0.39 is 0 Å². The Balaban J connectivity index is 3.14. The van der Waals surface area contributed by atoms with Crippen molar-refractivity contribution in [3.05, 3.63) is 30.1 Å². The summed E-state index contributed by atoms with van der Waals surface area (Å²) in [5.41, 5.74) is 1.39. The number of hydrogen-bond acceptors (Lipinski definition) is 3. The molecule has 1 N–H and O–H groups in total. The summed E-state index contributed by atoms with van der Waals surface area (Å²) >= 11 is 0. The number of aromatic nitrogens is 1. The summed E-state index contributed by atoms with van der Waals surface area (Å²) in [5, 5.41) is 3.66. The Morgan fingerprint density at radius 2 is 1.95 bits per heavy atom. The molecule has 3 nitrogen and oxygen atoms in total. The molecule has 2 unspecified atom stereocenters. The molecule has 1 aromatic rings. The number of nitrogens with zero attached hydrogens (tertiary/aromatic N) is 2. The molecular weight excluding hydrogens is 234 g/mol. The van der Waals surface area contributed by atoms with Crippen LogP contribution in [0.1, 0.15) is 52.6 Å². The molecule has 0 saturated carbocycles. The van der Waals surface area contributed by atoms with Crippen molar-refractivity contribution < 1.29 is 0 Å². The number of hydrogen-bond donors (Lipinski definition) is 1. The van der Waals surface area contributed by atoms with Crippen molar-refractivity contribution in [1.82, 2.24) is 15.2 Å². The first kappa shape index (κ1) is 16.1. The quantitative estimate of drug-likeness (QED) is 0.780. The first-order valence-electron chi connectivity index (χ1n) is 7.52. The van der Waals surface area contributed by atoms with Gasteiger partial charge in [0.25, 0.3) is 0 Å². The van der Waals surface area contributed by atoms with E-state index in [1.54, 1.807) is 0 Å². The highest BCUT2D eigenvalue weighted by Crippen LogP contribution is 2.33. The second kappa shape index (κ2) is 7.61. The average Bonchev–Trinajstić information content (AvgIpc) is 2.46. The van der Waals surface area contributed by atoms with Gasteiger partial charge in [-0.3, -0.25) is 9.88 Å². The molecule has 0 amide bonds. The molecule has 0 aliphatic carbocycles. The summed E-state index contributed by atoms with van der Waals surface area (Å²) in [6.07, 6.45) is 4.94. The number of pyridine rings is 1. The summed E-state index contributed by atoms with van der Waals surface area (Å²) in [6, 6.07) is 4.52. The summed E-state index contributed by atoms with van der Waals surface area (Å²) < 4.78 is 0. The molecule has 19 heavy (non-hydrogen) atoms. The summed E-state index contributed by atoms with van der Waals surface area (Å²) in [6.45, 7) is 14.4. The van der Waals surface area contributed by atoms with Crippen LogP contribution >= 0.6 is 0 Å². The van der Waals surface area contributed by atoms with Crippen LogP contribution in [0.2, 0.25) is 0 Å². The predicted molar refractivity (Wildman–Crippen MR) is 82.3 cm³/mol. The molecule has 0 aliphatic heterocycles. The van der Waals surface area contributed by atoms with E-state index >= 15 is 0 Å². The van der Waals surface area contributed by atoms with Gasteiger partial charge in [0.2, 0.25) is 0 Å². The fourth-order valence-electron chi connectivity index (χ4n) is 3.00. The Hall–Kier alpha value is -0.930. The smallest absolute Gasteiger partial charge is 0.0519 e. The van der Waals surface area contributed by atoms with E-state index in [0.29, 0.717) is 6.04 Å². The largest absolute Gasteiger partial charge is 0.309 e. The molecule has 1 aromatic heterocycles. The van der Waals surface area contributed by atoms with Crippen molar-refractivity contribution in [2.24, 2.45) is 0 Å². The molecule has 0 bridgehead atoms. The zero-order valence-corrected chi connectivity index (χ0v) is 13.1. The molecule has 0 radical (unpaired) electrons. The van der Waals surface area contributed by atoms with E-state index in [4.69, 9.17) is 0 Å². The van der Waals surface area contributed by atoms with Gasteiger partial charge in [0.15, 0.2) is 0 Å². The monoisotopic (exact) mass is 263 g/mol.